The number of aryl methyl sites for hydroxylation is 2. The van der Waals surface area contributed by atoms with Crippen LogP contribution < -0.4 is 4.72 Å². The van der Waals surface area contributed by atoms with E-state index in [4.69, 9.17) is 0 Å². The minimum atomic E-state index is -3.62. The molecule has 2 rings (SSSR count). The van der Waals surface area contributed by atoms with Gasteiger partial charge in [-0.25, -0.2) is 8.42 Å². The van der Waals surface area contributed by atoms with E-state index in [0.29, 0.717) is 11.4 Å². The number of anilines is 1. The van der Waals surface area contributed by atoms with Gasteiger partial charge in [0.1, 0.15) is 4.90 Å². The van der Waals surface area contributed by atoms with Crippen LogP contribution in [0.25, 0.3) is 0 Å². The quantitative estimate of drug-likeness (QED) is 0.834. The number of nitrogens with zero attached hydrogens (tertiary/aromatic N) is 2. The van der Waals surface area contributed by atoms with Crippen LogP contribution in [0.4, 0.5) is 5.69 Å². The lowest BCUT2D eigenvalue weighted by Crippen LogP contribution is -2.13. The normalized spacial score (nSPS) is 11.9. The van der Waals surface area contributed by atoms with E-state index in [1.165, 1.54) is 5.56 Å². The van der Waals surface area contributed by atoms with Crippen LogP contribution in [0, 0.1) is 6.92 Å². The largest absolute Gasteiger partial charge is 0.280 e. The van der Waals surface area contributed by atoms with Gasteiger partial charge in [0.2, 0.25) is 0 Å². The van der Waals surface area contributed by atoms with Crippen LogP contribution in [0.15, 0.2) is 35.4 Å². The zero-order valence-corrected chi connectivity index (χ0v) is 15.0. The summed E-state index contributed by atoms with van der Waals surface area (Å²) in [4.78, 5) is 0.223. The first-order valence-electron chi connectivity index (χ1n) is 8.01. The van der Waals surface area contributed by atoms with Crippen LogP contribution >= 0.6 is 0 Å². The number of sulfonamides is 1. The highest BCUT2D eigenvalue weighted by molar-refractivity contribution is 7.92. The summed E-state index contributed by atoms with van der Waals surface area (Å²) in [7, 11) is -3.62. The molecule has 1 aromatic heterocycles. The summed E-state index contributed by atoms with van der Waals surface area (Å²) in [6.45, 7) is 7.79. The number of hydrogen-bond acceptors (Lipinski definition) is 3. The molecule has 0 atom stereocenters. The second-order valence-electron chi connectivity index (χ2n) is 6.06. The maximum Gasteiger partial charge on any atom is 0.265 e. The van der Waals surface area contributed by atoms with Gasteiger partial charge in [0.25, 0.3) is 10.0 Å². The van der Waals surface area contributed by atoms with Crippen LogP contribution in [-0.2, 0) is 16.4 Å². The molecule has 1 heterocycles. The summed E-state index contributed by atoms with van der Waals surface area (Å²) >= 11 is 0. The SMILES string of the molecule is CCCCc1ccc(NS(=O)(=O)c2cn(C(C)C)nc2C)cc1. The molecule has 2 aromatic rings. The van der Waals surface area contributed by atoms with Gasteiger partial charge in [-0.1, -0.05) is 25.5 Å². The molecule has 0 aliphatic heterocycles. The maximum atomic E-state index is 12.6. The average Bonchev–Trinajstić information content (AvgIpc) is 2.89. The lowest BCUT2D eigenvalue weighted by Gasteiger charge is -2.08. The second-order valence-corrected chi connectivity index (χ2v) is 7.71. The average molecular weight is 335 g/mol. The molecule has 0 aliphatic carbocycles. The van der Waals surface area contributed by atoms with E-state index in [1.54, 1.807) is 17.8 Å². The van der Waals surface area contributed by atoms with E-state index in [9.17, 15) is 8.42 Å². The highest BCUT2D eigenvalue weighted by atomic mass is 32.2. The third kappa shape index (κ3) is 4.34. The van der Waals surface area contributed by atoms with Gasteiger partial charge in [-0.15, -0.1) is 0 Å². The van der Waals surface area contributed by atoms with Gasteiger partial charge < -0.3 is 0 Å². The topological polar surface area (TPSA) is 64.0 Å². The zero-order valence-electron chi connectivity index (χ0n) is 14.2. The van der Waals surface area contributed by atoms with Crippen molar-refractivity contribution in [2.24, 2.45) is 0 Å². The molecule has 23 heavy (non-hydrogen) atoms. The molecule has 0 radical (unpaired) electrons. The number of aromatic nitrogens is 2. The predicted molar refractivity (Wildman–Crippen MR) is 93.2 cm³/mol. The van der Waals surface area contributed by atoms with E-state index in [-0.39, 0.29) is 10.9 Å². The molecule has 0 unspecified atom stereocenters. The molecule has 0 aliphatic rings. The Morgan fingerprint density at radius 2 is 1.87 bits per heavy atom. The van der Waals surface area contributed by atoms with E-state index in [2.05, 4.69) is 16.7 Å². The van der Waals surface area contributed by atoms with Gasteiger partial charge in [0.05, 0.1) is 5.69 Å². The Morgan fingerprint density at radius 3 is 2.39 bits per heavy atom. The molecule has 0 amide bonds. The van der Waals surface area contributed by atoms with Crippen LogP contribution in [0.1, 0.15) is 50.9 Å². The van der Waals surface area contributed by atoms with Gasteiger partial charge >= 0.3 is 0 Å². The molecule has 126 valence electrons. The van der Waals surface area contributed by atoms with Crippen molar-refractivity contribution < 1.29 is 8.42 Å². The summed E-state index contributed by atoms with van der Waals surface area (Å²) in [5.74, 6) is 0. The summed E-state index contributed by atoms with van der Waals surface area (Å²) in [6, 6.07) is 7.68. The lowest BCUT2D eigenvalue weighted by atomic mass is 10.1. The zero-order chi connectivity index (χ0) is 17.0. The molecule has 0 bridgehead atoms. The molecule has 5 nitrogen and oxygen atoms in total. The fourth-order valence-corrected chi connectivity index (χ4v) is 3.56. The molecule has 1 N–H and O–H groups in total. The van der Waals surface area contributed by atoms with Crippen molar-refractivity contribution in [3.8, 4) is 0 Å². The number of hydrogen-bond donors (Lipinski definition) is 1. The number of rotatable bonds is 7. The van der Waals surface area contributed by atoms with Crippen molar-refractivity contribution in [1.82, 2.24) is 9.78 Å². The van der Waals surface area contributed by atoms with Crippen molar-refractivity contribution in [1.29, 1.82) is 0 Å². The molecule has 0 saturated carbocycles. The Bertz CT molecular complexity index is 747. The van der Waals surface area contributed by atoms with E-state index in [1.807, 2.05) is 38.1 Å². The minimum absolute atomic E-state index is 0.121. The lowest BCUT2D eigenvalue weighted by molar-refractivity contribution is 0.528. The monoisotopic (exact) mass is 335 g/mol. The third-order valence-electron chi connectivity index (χ3n) is 3.72. The standard InChI is InChI=1S/C17H25N3O2S/c1-5-6-7-15-8-10-16(11-9-15)19-23(21,22)17-12-20(13(2)3)18-14(17)4/h8-13,19H,5-7H2,1-4H3. The van der Waals surface area contributed by atoms with Gasteiger partial charge in [-0.3, -0.25) is 9.40 Å². The van der Waals surface area contributed by atoms with E-state index >= 15 is 0 Å². The summed E-state index contributed by atoms with van der Waals surface area (Å²) in [6.07, 6.45) is 4.88. The molecule has 6 heteroatoms. The number of unbranched alkanes of at least 4 members (excludes halogenated alkanes) is 1. The van der Waals surface area contributed by atoms with E-state index < -0.39 is 10.0 Å². The first-order valence-corrected chi connectivity index (χ1v) is 9.49. The minimum Gasteiger partial charge on any atom is -0.280 e. The fourth-order valence-electron chi connectivity index (χ4n) is 2.32. The highest BCUT2D eigenvalue weighted by Crippen LogP contribution is 2.20. The second kappa shape index (κ2) is 7.17. The van der Waals surface area contributed by atoms with Crippen LogP contribution in [0.5, 0.6) is 0 Å². The Balaban J connectivity index is 2.18. The fraction of sp³-hybridized carbons (Fsp3) is 0.471. The van der Waals surface area contributed by atoms with Gasteiger partial charge in [-0.2, -0.15) is 5.10 Å². The first kappa shape index (κ1) is 17.5. The van der Waals surface area contributed by atoms with Crippen LogP contribution in [0.2, 0.25) is 0 Å². The van der Waals surface area contributed by atoms with Crippen molar-refractivity contribution in [2.75, 3.05) is 4.72 Å². The molecule has 1 aromatic carbocycles. The van der Waals surface area contributed by atoms with Gasteiger partial charge in [0.15, 0.2) is 0 Å². The molecule has 0 spiro atoms. The molecular weight excluding hydrogens is 310 g/mol. The van der Waals surface area contributed by atoms with Crippen molar-refractivity contribution >= 4 is 15.7 Å². The summed E-state index contributed by atoms with van der Waals surface area (Å²) in [5.41, 5.74) is 2.30. The third-order valence-corrected chi connectivity index (χ3v) is 5.20. The Labute approximate surface area is 138 Å². The summed E-state index contributed by atoms with van der Waals surface area (Å²) < 4.78 is 29.4. The van der Waals surface area contributed by atoms with Crippen molar-refractivity contribution in [3.05, 3.63) is 41.7 Å². The first-order chi connectivity index (χ1) is 10.8. The number of nitrogens with one attached hydrogen (secondary N) is 1. The van der Waals surface area contributed by atoms with E-state index in [0.717, 1.165) is 19.3 Å². The van der Waals surface area contributed by atoms with Gasteiger partial charge in [-0.05, 0) is 51.3 Å². The summed E-state index contributed by atoms with van der Waals surface area (Å²) in [5, 5.41) is 4.26. The number of benzene rings is 1. The van der Waals surface area contributed by atoms with Crippen LogP contribution in [-0.4, -0.2) is 18.2 Å². The Hall–Kier alpha value is -1.82. The van der Waals surface area contributed by atoms with Crippen LogP contribution in [0.3, 0.4) is 0 Å². The Kier molecular flexibility index (Phi) is 5.46. The molecular formula is C17H25N3O2S. The maximum absolute atomic E-state index is 12.6. The van der Waals surface area contributed by atoms with Crippen molar-refractivity contribution in [2.45, 2.75) is 57.9 Å². The van der Waals surface area contributed by atoms with Crippen molar-refractivity contribution in [3.63, 3.8) is 0 Å². The molecule has 0 saturated heterocycles. The van der Waals surface area contributed by atoms with Gasteiger partial charge in [0, 0.05) is 17.9 Å². The predicted octanol–water partition coefficient (Wildman–Crippen LogP) is 3.92. The Morgan fingerprint density at radius 1 is 1.22 bits per heavy atom. The highest BCUT2D eigenvalue weighted by Gasteiger charge is 2.21. The smallest absolute Gasteiger partial charge is 0.265 e. The molecule has 0 fully saturated rings.